The third-order valence-electron chi connectivity index (χ3n) is 11.8. The van der Waals surface area contributed by atoms with Crippen molar-refractivity contribution in [2.45, 2.75) is 0 Å². The molecule has 1 aliphatic rings. The smallest absolute Gasteiger partial charge is 0.136 e. The first-order chi connectivity index (χ1) is 27.2. The van der Waals surface area contributed by atoms with Gasteiger partial charge in [0.25, 0.3) is 0 Å². The Bertz CT molecular complexity index is 3480. The molecule has 0 saturated heterocycles. The molecule has 0 N–H and O–H groups in total. The van der Waals surface area contributed by atoms with E-state index in [9.17, 15) is 5.26 Å². The molecule has 0 aromatic heterocycles. The molecule has 12 rings (SSSR count). The van der Waals surface area contributed by atoms with Crippen molar-refractivity contribution in [3.63, 3.8) is 0 Å². The monoisotopic (exact) mass is 695 g/mol. The second-order valence-electron chi connectivity index (χ2n) is 14.8. The van der Waals surface area contributed by atoms with Crippen molar-refractivity contribution in [2.75, 3.05) is 0 Å². The summed E-state index contributed by atoms with van der Waals surface area (Å²) in [6.07, 6.45) is 0. The molecule has 11 aromatic carbocycles. The van der Waals surface area contributed by atoms with Crippen LogP contribution < -0.4 is 4.74 Å². The van der Waals surface area contributed by atoms with Crippen LogP contribution in [-0.2, 0) is 0 Å². The van der Waals surface area contributed by atoms with Gasteiger partial charge < -0.3 is 4.74 Å². The summed E-state index contributed by atoms with van der Waals surface area (Å²) in [5.74, 6) is 1.55. The van der Waals surface area contributed by atoms with Crippen LogP contribution in [0.5, 0.6) is 11.5 Å². The van der Waals surface area contributed by atoms with Crippen molar-refractivity contribution in [3.8, 4) is 62.1 Å². The first-order valence-electron chi connectivity index (χ1n) is 18.7. The van der Waals surface area contributed by atoms with Crippen molar-refractivity contribution in [1.82, 2.24) is 0 Å². The Kier molecular flexibility index (Phi) is 6.15. The Balaban J connectivity index is 0.965. The van der Waals surface area contributed by atoms with E-state index in [-0.39, 0.29) is 0 Å². The van der Waals surface area contributed by atoms with Gasteiger partial charge in [0.05, 0.1) is 11.6 Å². The van der Waals surface area contributed by atoms with E-state index in [0.717, 1.165) is 33.4 Å². The third kappa shape index (κ3) is 4.42. The van der Waals surface area contributed by atoms with E-state index in [1.165, 1.54) is 87.2 Å². The molecular weight excluding hydrogens is 667 g/mol. The lowest BCUT2D eigenvalue weighted by Crippen LogP contribution is -1.98. The van der Waals surface area contributed by atoms with E-state index in [4.69, 9.17) is 4.74 Å². The van der Waals surface area contributed by atoms with Crippen LogP contribution in [0, 0.1) is 11.3 Å². The fourth-order valence-electron chi connectivity index (χ4n) is 9.19. The number of fused-ring (bicyclic) bond motifs is 4. The lowest BCUT2D eigenvalue weighted by atomic mass is 9.86. The van der Waals surface area contributed by atoms with Crippen molar-refractivity contribution in [1.29, 1.82) is 5.26 Å². The van der Waals surface area contributed by atoms with Gasteiger partial charge in [-0.05, 0) is 141 Å². The van der Waals surface area contributed by atoms with Gasteiger partial charge in [0.1, 0.15) is 11.5 Å². The molecule has 0 radical (unpaired) electrons. The normalized spacial score (nSPS) is 12.1. The van der Waals surface area contributed by atoms with Crippen LogP contribution in [0.1, 0.15) is 5.56 Å². The highest BCUT2D eigenvalue weighted by atomic mass is 16.5. The van der Waals surface area contributed by atoms with Crippen LogP contribution in [0.15, 0.2) is 176 Å². The van der Waals surface area contributed by atoms with E-state index in [1.54, 1.807) is 0 Å². The second-order valence-corrected chi connectivity index (χ2v) is 14.8. The Morgan fingerprint density at radius 3 is 1.45 bits per heavy atom. The SMILES string of the molecule is N#Cc1ccc2c(c1)Oc1cccc3c(-c4ccc5cc(-c6ccc7ccc8c(-c9ccc%10ccccc%10c9)ccc9ccc6c7c98)ccc5c4)ccc-2c13. The fourth-order valence-corrected chi connectivity index (χ4v) is 9.19. The lowest BCUT2D eigenvalue weighted by molar-refractivity contribution is 0.487. The van der Waals surface area contributed by atoms with Gasteiger partial charge in [0, 0.05) is 10.9 Å². The summed E-state index contributed by atoms with van der Waals surface area (Å²) in [5, 5.41) is 24.4. The van der Waals surface area contributed by atoms with Gasteiger partial charge in [-0.1, -0.05) is 133 Å². The molecule has 1 heterocycles. The first-order valence-corrected chi connectivity index (χ1v) is 18.7. The van der Waals surface area contributed by atoms with Gasteiger partial charge >= 0.3 is 0 Å². The standard InChI is InChI=1S/C53H29NO/c54-30-31-8-19-44-48-25-24-43(45-6-3-7-49(53(45)48)55-50(44)26-31)40-14-11-36-28-39(13-10-37(36)29-40)42-21-16-34-17-22-46-41(20-15-33-18-23-47(42)52(34)51(33)46)38-12-9-32-4-1-2-5-35(32)27-38/h1-29H. The van der Waals surface area contributed by atoms with Crippen molar-refractivity contribution in [3.05, 3.63) is 181 Å². The summed E-state index contributed by atoms with van der Waals surface area (Å²) < 4.78 is 6.37. The highest BCUT2D eigenvalue weighted by Gasteiger charge is 2.22. The van der Waals surface area contributed by atoms with Crippen molar-refractivity contribution >= 4 is 64.6 Å². The molecule has 252 valence electrons. The zero-order valence-corrected chi connectivity index (χ0v) is 29.6. The van der Waals surface area contributed by atoms with E-state index < -0.39 is 0 Å². The van der Waals surface area contributed by atoms with Crippen LogP contribution in [-0.4, -0.2) is 0 Å². The Morgan fingerprint density at radius 1 is 0.327 bits per heavy atom. The van der Waals surface area contributed by atoms with Crippen LogP contribution in [0.2, 0.25) is 0 Å². The summed E-state index contributed by atoms with van der Waals surface area (Å²) in [4.78, 5) is 0. The number of rotatable bonds is 3. The van der Waals surface area contributed by atoms with Gasteiger partial charge in [0.2, 0.25) is 0 Å². The summed E-state index contributed by atoms with van der Waals surface area (Å²) in [5.41, 5.74) is 10.0. The summed E-state index contributed by atoms with van der Waals surface area (Å²) in [6, 6.07) is 66.0. The molecule has 1 aliphatic heterocycles. The molecule has 0 atom stereocenters. The van der Waals surface area contributed by atoms with Crippen molar-refractivity contribution in [2.24, 2.45) is 0 Å². The number of hydrogen-bond acceptors (Lipinski definition) is 2. The molecule has 0 amide bonds. The minimum atomic E-state index is 0.593. The van der Waals surface area contributed by atoms with E-state index in [2.05, 4.69) is 158 Å². The quantitative estimate of drug-likeness (QED) is 0.172. The average Bonchev–Trinajstić information content (AvgIpc) is 3.24. The molecule has 0 bridgehead atoms. The summed E-state index contributed by atoms with van der Waals surface area (Å²) in [7, 11) is 0. The molecule has 0 fully saturated rings. The number of ether oxygens (including phenoxy) is 1. The molecule has 11 aromatic rings. The van der Waals surface area contributed by atoms with Gasteiger partial charge in [-0.2, -0.15) is 5.26 Å². The zero-order valence-electron chi connectivity index (χ0n) is 29.6. The number of hydrogen-bond donors (Lipinski definition) is 0. The van der Waals surface area contributed by atoms with Crippen LogP contribution in [0.4, 0.5) is 0 Å². The maximum atomic E-state index is 9.45. The number of nitrogens with zero attached hydrogens (tertiary/aromatic N) is 1. The number of benzene rings is 11. The molecule has 0 aliphatic carbocycles. The fraction of sp³-hybridized carbons (Fsp3) is 0. The number of nitriles is 1. The maximum absolute atomic E-state index is 9.45. The first kappa shape index (κ1) is 30.0. The summed E-state index contributed by atoms with van der Waals surface area (Å²) in [6.45, 7) is 0. The van der Waals surface area contributed by atoms with Gasteiger partial charge in [-0.25, -0.2) is 0 Å². The van der Waals surface area contributed by atoms with Gasteiger partial charge in [-0.3, -0.25) is 0 Å². The highest BCUT2D eigenvalue weighted by Crippen LogP contribution is 2.49. The van der Waals surface area contributed by atoms with Gasteiger partial charge in [-0.15, -0.1) is 0 Å². The lowest BCUT2D eigenvalue weighted by Gasteiger charge is -2.22. The van der Waals surface area contributed by atoms with E-state index >= 15 is 0 Å². The van der Waals surface area contributed by atoms with Crippen molar-refractivity contribution < 1.29 is 4.74 Å². The topological polar surface area (TPSA) is 33.0 Å². The molecular formula is C53H29NO. The van der Waals surface area contributed by atoms with E-state index in [0.29, 0.717) is 5.56 Å². The van der Waals surface area contributed by atoms with Crippen LogP contribution in [0.25, 0.3) is 109 Å². The Labute approximate surface area is 317 Å². The molecule has 2 nitrogen and oxygen atoms in total. The molecule has 0 spiro atoms. The maximum Gasteiger partial charge on any atom is 0.136 e. The minimum absolute atomic E-state index is 0.593. The summed E-state index contributed by atoms with van der Waals surface area (Å²) >= 11 is 0. The Morgan fingerprint density at radius 2 is 0.818 bits per heavy atom. The largest absolute Gasteiger partial charge is 0.456 e. The predicted molar refractivity (Wildman–Crippen MR) is 229 cm³/mol. The average molecular weight is 696 g/mol. The second kappa shape index (κ2) is 11.3. The zero-order chi connectivity index (χ0) is 36.2. The Hall–Kier alpha value is -7.47. The molecule has 2 heteroatoms. The highest BCUT2D eigenvalue weighted by molar-refractivity contribution is 6.27. The third-order valence-corrected chi connectivity index (χ3v) is 11.8. The van der Waals surface area contributed by atoms with Crippen LogP contribution in [0.3, 0.4) is 0 Å². The molecule has 55 heavy (non-hydrogen) atoms. The molecule has 0 saturated carbocycles. The van der Waals surface area contributed by atoms with Gasteiger partial charge in [0.15, 0.2) is 0 Å². The predicted octanol–water partition coefficient (Wildman–Crippen LogP) is 14.7. The molecule has 0 unspecified atom stereocenters. The van der Waals surface area contributed by atoms with Crippen LogP contribution >= 0.6 is 0 Å². The minimum Gasteiger partial charge on any atom is -0.456 e. The van der Waals surface area contributed by atoms with E-state index in [1.807, 2.05) is 24.3 Å².